The van der Waals surface area contributed by atoms with Crippen LogP contribution in [0.2, 0.25) is 0 Å². The second kappa shape index (κ2) is 38.2. The Morgan fingerprint density at radius 1 is 0.383 bits per heavy atom. The Morgan fingerprint density at radius 2 is 0.681 bits per heavy atom. The molecule has 47 heavy (non-hydrogen) atoms. The van der Waals surface area contributed by atoms with Gasteiger partial charge in [0.2, 0.25) is 0 Å². The van der Waals surface area contributed by atoms with Crippen LogP contribution in [0.5, 0.6) is 0 Å². The number of quaternary nitrogens is 1. The molecule has 0 saturated heterocycles. The number of carbonyl (C=O) groups excluding carboxylic acids is 1. The molecular formula is C44H91NO2. The number of aliphatic carboxylic acids is 1. The van der Waals surface area contributed by atoms with Crippen molar-refractivity contribution in [3.63, 3.8) is 0 Å². The molecular weight excluding hydrogens is 574 g/mol. The molecule has 0 aliphatic heterocycles. The average molecular weight is 666 g/mol. The van der Waals surface area contributed by atoms with Gasteiger partial charge in [0.25, 0.3) is 0 Å². The number of unbranched alkanes of at least 4 members (excludes halogenated alkanes) is 29. The summed E-state index contributed by atoms with van der Waals surface area (Å²) >= 11 is 0. The molecule has 0 fully saturated rings. The molecule has 0 aromatic carbocycles. The van der Waals surface area contributed by atoms with E-state index in [-0.39, 0.29) is 6.15 Å². The Bertz CT molecular complexity index is 608. The molecule has 0 radical (unpaired) electrons. The van der Waals surface area contributed by atoms with Gasteiger partial charge in [-0.1, -0.05) is 240 Å². The summed E-state index contributed by atoms with van der Waals surface area (Å²) in [7, 11) is 0. The van der Waals surface area contributed by atoms with E-state index in [0.29, 0.717) is 5.92 Å². The highest BCUT2D eigenvalue weighted by atomic mass is 16.4. The van der Waals surface area contributed by atoms with Crippen molar-refractivity contribution in [3.05, 3.63) is 0 Å². The van der Waals surface area contributed by atoms with Crippen LogP contribution < -0.4 is 11.3 Å². The van der Waals surface area contributed by atoms with Crippen LogP contribution in [0, 0.1) is 11.3 Å². The zero-order valence-electron chi connectivity index (χ0n) is 33.6. The van der Waals surface area contributed by atoms with E-state index >= 15 is 0 Å². The molecule has 0 heterocycles. The van der Waals surface area contributed by atoms with Crippen molar-refractivity contribution in [1.82, 2.24) is 6.15 Å². The molecule has 0 saturated carbocycles. The van der Waals surface area contributed by atoms with Crippen molar-refractivity contribution in [2.75, 3.05) is 0 Å². The maximum atomic E-state index is 12.8. The van der Waals surface area contributed by atoms with Gasteiger partial charge in [0.1, 0.15) is 0 Å². The van der Waals surface area contributed by atoms with Crippen LogP contribution >= 0.6 is 0 Å². The molecule has 0 amide bonds. The van der Waals surface area contributed by atoms with Crippen LogP contribution in [-0.4, -0.2) is 5.97 Å². The van der Waals surface area contributed by atoms with Crippen molar-refractivity contribution in [1.29, 1.82) is 0 Å². The smallest absolute Gasteiger partial charge is 0.0478 e. The summed E-state index contributed by atoms with van der Waals surface area (Å²) in [4.78, 5) is 12.8. The summed E-state index contributed by atoms with van der Waals surface area (Å²) in [6.07, 6.45) is 48.3. The van der Waals surface area contributed by atoms with Gasteiger partial charge in [0, 0.05) is 11.4 Å². The molecule has 3 heteroatoms. The summed E-state index contributed by atoms with van der Waals surface area (Å²) < 4.78 is 0. The summed E-state index contributed by atoms with van der Waals surface area (Å²) in [6.45, 7) is 8.99. The van der Waals surface area contributed by atoms with Crippen molar-refractivity contribution in [3.8, 4) is 0 Å². The number of rotatable bonds is 39. The first-order valence-electron chi connectivity index (χ1n) is 21.8. The quantitative estimate of drug-likeness (QED) is 0.0663. The van der Waals surface area contributed by atoms with Gasteiger partial charge in [-0.15, -0.1) is 0 Å². The molecule has 2 unspecified atom stereocenters. The summed E-state index contributed by atoms with van der Waals surface area (Å²) in [5.41, 5.74) is -0.600. The summed E-state index contributed by atoms with van der Waals surface area (Å²) in [6, 6.07) is 0. The third-order valence-electron chi connectivity index (χ3n) is 11.2. The first-order chi connectivity index (χ1) is 22.6. The number of carboxylic acids is 1. The van der Waals surface area contributed by atoms with Crippen LogP contribution in [0.1, 0.15) is 265 Å². The molecule has 0 aromatic rings. The molecule has 0 spiro atoms. The van der Waals surface area contributed by atoms with Gasteiger partial charge in [-0.2, -0.15) is 0 Å². The number of carbonyl (C=O) groups is 1. The van der Waals surface area contributed by atoms with Crippen LogP contribution in [-0.2, 0) is 4.79 Å². The molecule has 0 aromatic heterocycles. The Labute approximate surface area is 298 Å². The van der Waals surface area contributed by atoms with E-state index in [4.69, 9.17) is 0 Å². The van der Waals surface area contributed by atoms with E-state index in [9.17, 15) is 9.90 Å². The molecule has 0 bridgehead atoms. The van der Waals surface area contributed by atoms with Gasteiger partial charge in [-0.3, -0.25) is 0 Å². The topological polar surface area (TPSA) is 76.6 Å². The van der Waals surface area contributed by atoms with Gasteiger partial charge >= 0.3 is 0 Å². The minimum absolute atomic E-state index is 0. The minimum Gasteiger partial charge on any atom is -0.550 e. The highest BCUT2D eigenvalue weighted by Crippen LogP contribution is 2.43. The predicted molar refractivity (Wildman–Crippen MR) is 210 cm³/mol. The van der Waals surface area contributed by atoms with Crippen LogP contribution in [0.25, 0.3) is 0 Å². The molecule has 2 atom stereocenters. The van der Waals surface area contributed by atoms with Gasteiger partial charge in [-0.25, -0.2) is 0 Å². The molecule has 0 aliphatic carbocycles. The van der Waals surface area contributed by atoms with E-state index in [1.54, 1.807) is 0 Å². The first kappa shape index (κ1) is 48.5. The minimum atomic E-state index is -0.741. The van der Waals surface area contributed by atoms with E-state index in [0.717, 1.165) is 44.9 Å². The van der Waals surface area contributed by atoms with Crippen LogP contribution in [0.15, 0.2) is 0 Å². The normalized spacial score (nSPS) is 13.4. The summed E-state index contributed by atoms with van der Waals surface area (Å²) in [5.74, 6) is -0.449. The number of hydrogen-bond acceptors (Lipinski definition) is 2. The zero-order valence-corrected chi connectivity index (χ0v) is 33.6. The lowest BCUT2D eigenvalue weighted by Crippen LogP contribution is -2.47. The van der Waals surface area contributed by atoms with Gasteiger partial charge < -0.3 is 16.1 Å². The monoisotopic (exact) mass is 666 g/mol. The van der Waals surface area contributed by atoms with Crippen LogP contribution in [0.3, 0.4) is 0 Å². The Kier molecular flexibility index (Phi) is 39.5. The van der Waals surface area contributed by atoms with Gasteiger partial charge in [-0.05, 0) is 31.6 Å². The highest BCUT2D eigenvalue weighted by molar-refractivity contribution is 5.72. The molecule has 3 nitrogen and oxygen atoms in total. The van der Waals surface area contributed by atoms with Gasteiger partial charge in [0.15, 0.2) is 0 Å². The lowest BCUT2D eigenvalue weighted by Gasteiger charge is -2.42. The lowest BCUT2D eigenvalue weighted by molar-refractivity contribution is -0.323. The van der Waals surface area contributed by atoms with E-state index in [1.165, 1.54) is 193 Å². The fraction of sp³-hybridized carbons (Fsp3) is 0.977. The molecule has 0 rings (SSSR count). The van der Waals surface area contributed by atoms with Crippen molar-refractivity contribution in [2.24, 2.45) is 11.3 Å². The SMILES string of the molecule is CCCCCCCCCCCCCCCCCCCCC(CCC)(C(=O)[O-])C(CCC)CCCCCCCCCCCCCCC.[NH4+]. The van der Waals surface area contributed by atoms with Crippen molar-refractivity contribution >= 4 is 5.97 Å². The largest absolute Gasteiger partial charge is 0.550 e. The first-order valence-corrected chi connectivity index (χ1v) is 21.8. The molecule has 4 N–H and O–H groups in total. The fourth-order valence-corrected chi connectivity index (χ4v) is 8.15. The predicted octanol–water partition coefficient (Wildman–Crippen LogP) is 15.2. The highest BCUT2D eigenvalue weighted by Gasteiger charge is 2.38. The maximum Gasteiger partial charge on any atom is 0.0478 e. The second-order valence-corrected chi connectivity index (χ2v) is 15.5. The molecule has 284 valence electrons. The third-order valence-corrected chi connectivity index (χ3v) is 11.2. The van der Waals surface area contributed by atoms with Gasteiger partial charge in [0.05, 0.1) is 0 Å². The molecule has 0 aliphatic rings. The zero-order chi connectivity index (χ0) is 33.8. The lowest BCUT2D eigenvalue weighted by atomic mass is 9.65. The summed E-state index contributed by atoms with van der Waals surface area (Å²) in [5, 5.41) is 12.8. The standard InChI is InChI=1S/C44H88O2.H3N/c1-5-9-11-13-15-17-19-21-22-23-24-25-27-29-31-33-35-37-41-44(40-8-4,43(45)46)42(38-7-3)39-36-34-32-30-28-26-20-18-16-14-12-10-6-2;/h42H,5-41H2,1-4H3,(H,45,46);1H3. The second-order valence-electron chi connectivity index (χ2n) is 15.5. The van der Waals surface area contributed by atoms with Crippen LogP contribution in [0.4, 0.5) is 0 Å². The Morgan fingerprint density at radius 3 is 0.957 bits per heavy atom. The number of carboxylic acid groups (broad SMARTS) is 1. The average Bonchev–Trinajstić information content (AvgIpc) is 3.05. The van der Waals surface area contributed by atoms with Crippen molar-refractivity contribution in [2.45, 2.75) is 265 Å². The Hall–Kier alpha value is -0.570. The third kappa shape index (κ3) is 28.9. The van der Waals surface area contributed by atoms with Crippen molar-refractivity contribution < 1.29 is 9.90 Å². The Balaban J connectivity index is 0. The van der Waals surface area contributed by atoms with E-state index in [2.05, 4.69) is 27.7 Å². The van der Waals surface area contributed by atoms with E-state index in [1.807, 2.05) is 0 Å². The number of hydrogen-bond donors (Lipinski definition) is 1. The maximum absolute atomic E-state index is 12.8. The van der Waals surface area contributed by atoms with E-state index < -0.39 is 11.4 Å². The fourth-order valence-electron chi connectivity index (χ4n) is 8.15.